The summed E-state index contributed by atoms with van der Waals surface area (Å²) >= 11 is 0. The van der Waals surface area contributed by atoms with Crippen LogP contribution in [0.1, 0.15) is 33.6 Å². The minimum atomic E-state index is -0.252. The molecule has 1 aliphatic rings. The molecule has 102 valence electrons. The van der Waals surface area contributed by atoms with E-state index < -0.39 is 0 Å². The van der Waals surface area contributed by atoms with Crippen molar-refractivity contribution in [1.82, 2.24) is 4.90 Å². The van der Waals surface area contributed by atoms with Crippen molar-refractivity contribution in [3.05, 3.63) is 0 Å². The molecule has 1 heterocycles. The fourth-order valence-corrected chi connectivity index (χ4v) is 2.55. The predicted molar refractivity (Wildman–Crippen MR) is 71.7 cm³/mol. The van der Waals surface area contributed by atoms with Gasteiger partial charge in [0, 0.05) is 32.2 Å². The van der Waals surface area contributed by atoms with E-state index in [0.717, 1.165) is 32.5 Å². The summed E-state index contributed by atoms with van der Waals surface area (Å²) in [5.41, 5.74) is 11.6. The maximum atomic E-state index is 10.2. The summed E-state index contributed by atoms with van der Waals surface area (Å²) in [5.74, 6) is 0.500. The van der Waals surface area contributed by atoms with Crippen LogP contribution in [0.4, 0.5) is 0 Å². The summed E-state index contributed by atoms with van der Waals surface area (Å²) in [5, 5.41) is 10.2. The smallest absolute Gasteiger partial charge is 0.0591 e. The van der Waals surface area contributed by atoms with Gasteiger partial charge in [-0.25, -0.2) is 0 Å². The summed E-state index contributed by atoms with van der Waals surface area (Å²) in [7, 11) is 0. The molecule has 1 saturated heterocycles. The minimum Gasteiger partial charge on any atom is -0.393 e. The molecule has 0 aromatic carbocycles. The third-order valence-electron chi connectivity index (χ3n) is 3.65. The van der Waals surface area contributed by atoms with Crippen molar-refractivity contribution < 1.29 is 5.11 Å². The van der Waals surface area contributed by atoms with Crippen LogP contribution in [0, 0.1) is 11.3 Å². The summed E-state index contributed by atoms with van der Waals surface area (Å²) < 4.78 is 0. The van der Waals surface area contributed by atoms with Gasteiger partial charge in [-0.2, -0.15) is 0 Å². The Labute approximate surface area is 105 Å². The molecule has 0 amide bonds. The molecular weight excluding hydrogens is 214 g/mol. The van der Waals surface area contributed by atoms with E-state index in [4.69, 9.17) is 11.5 Å². The van der Waals surface area contributed by atoms with Gasteiger partial charge in [0.05, 0.1) is 6.10 Å². The fourth-order valence-electron chi connectivity index (χ4n) is 2.55. The number of hydrogen-bond donors (Lipinski definition) is 3. The molecular formula is C13H29N3O. The zero-order valence-electron chi connectivity index (χ0n) is 11.5. The lowest BCUT2D eigenvalue weighted by Gasteiger charge is -2.38. The standard InChI is InChI=1S/C13H29N3O/c1-13(2,3)12(17)7-10-6-11(15)9-16(8-10)5-4-14/h10-12,17H,4-9,14-15H2,1-3H3. The molecule has 0 aromatic rings. The largest absolute Gasteiger partial charge is 0.393 e. The first-order valence-electron chi connectivity index (χ1n) is 6.69. The van der Waals surface area contributed by atoms with Crippen LogP contribution in [-0.2, 0) is 0 Å². The highest BCUT2D eigenvalue weighted by atomic mass is 16.3. The lowest BCUT2D eigenvalue weighted by Crippen LogP contribution is -2.49. The minimum absolute atomic E-state index is 0.0414. The normalized spacial score (nSPS) is 29.3. The fraction of sp³-hybridized carbons (Fsp3) is 1.00. The van der Waals surface area contributed by atoms with Gasteiger partial charge in [0.25, 0.3) is 0 Å². The molecule has 0 radical (unpaired) electrons. The third-order valence-corrected chi connectivity index (χ3v) is 3.65. The molecule has 4 nitrogen and oxygen atoms in total. The Hall–Kier alpha value is -0.160. The highest BCUT2D eigenvalue weighted by molar-refractivity contribution is 4.85. The number of hydrogen-bond acceptors (Lipinski definition) is 4. The van der Waals surface area contributed by atoms with Gasteiger partial charge in [-0.05, 0) is 24.2 Å². The van der Waals surface area contributed by atoms with Crippen LogP contribution in [0.2, 0.25) is 0 Å². The molecule has 3 atom stereocenters. The van der Waals surface area contributed by atoms with Crippen molar-refractivity contribution >= 4 is 0 Å². The van der Waals surface area contributed by atoms with E-state index in [1.54, 1.807) is 0 Å². The van der Waals surface area contributed by atoms with Gasteiger partial charge in [-0.1, -0.05) is 20.8 Å². The van der Waals surface area contributed by atoms with Crippen LogP contribution >= 0.6 is 0 Å². The van der Waals surface area contributed by atoms with Crippen LogP contribution in [-0.4, -0.2) is 48.3 Å². The van der Waals surface area contributed by atoms with Gasteiger partial charge in [0.2, 0.25) is 0 Å². The molecule has 0 aliphatic carbocycles. The highest BCUT2D eigenvalue weighted by Gasteiger charge is 2.30. The van der Waals surface area contributed by atoms with Crippen molar-refractivity contribution in [2.24, 2.45) is 22.8 Å². The van der Waals surface area contributed by atoms with E-state index in [-0.39, 0.29) is 17.6 Å². The quantitative estimate of drug-likeness (QED) is 0.668. The Morgan fingerprint density at radius 3 is 2.53 bits per heavy atom. The maximum absolute atomic E-state index is 10.2. The van der Waals surface area contributed by atoms with E-state index >= 15 is 0 Å². The van der Waals surface area contributed by atoms with Gasteiger partial charge in [0.1, 0.15) is 0 Å². The van der Waals surface area contributed by atoms with Crippen molar-refractivity contribution in [1.29, 1.82) is 0 Å². The number of aliphatic hydroxyl groups excluding tert-OH is 1. The Kier molecular flexibility index (Phi) is 5.38. The maximum Gasteiger partial charge on any atom is 0.0591 e. The van der Waals surface area contributed by atoms with Gasteiger partial charge >= 0.3 is 0 Å². The molecule has 5 N–H and O–H groups in total. The first kappa shape index (κ1) is 14.9. The van der Waals surface area contributed by atoms with E-state index in [1.807, 2.05) is 0 Å². The molecule has 4 heteroatoms. The van der Waals surface area contributed by atoms with Crippen molar-refractivity contribution in [2.45, 2.75) is 45.8 Å². The Morgan fingerprint density at radius 2 is 2.00 bits per heavy atom. The number of piperidine rings is 1. The second kappa shape index (κ2) is 6.14. The van der Waals surface area contributed by atoms with Crippen LogP contribution in [0.3, 0.4) is 0 Å². The van der Waals surface area contributed by atoms with Crippen molar-refractivity contribution in [3.63, 3.8) is 0 Å². The van der Waals surface area contributed by atoms with Gasteiger partial charge in [-0.3, -0.25) is 0 Å². The Morgan fingerprint density at radius 1 is 1.35 bits per heavy atom. The third kappa shape index (κ3) is 4.92. The van der Waals surface area contributed by atoms with Gasteiger partial charge < -0.3 is 21.5 Å². The zero-order chi connectivity index (χ0) is 13.1. The first-order chi connectivity index (χ1) is 7.82. The second-order valence-electron chi connectivity index (χ2n) is 6.53. The van der Waals surface area contributed by atoms with Crippen LogP contribution < -0.4 is 11.5 Å². The molecule has 0 spiro atoms. The molecule has 0 aromatic heterocycles. The van der Waals surface area contributed by atoms with E-state index in [0.29, 0.717) is 12.5 Å². The van der Waals surface area contributed by atoms with Gasteiger partial charge in [0.15, 0.2) is 0 Å². The van der Waals surface area contributed by atoms with Crippen molar-refractivity contribution in [2.75, 3.05) is 26.2 Å². The Balaban J connectivity index is 2.47. The molecule has 0 bridgehead atoms. The SMILES string of the molecule is CC(C)(C)C(O)CC1CC(N)CN(CCN)C1. The number of likely N-dealkylation sites (tertiary alicyclic amines) is 1. The number of rotatable bonds is 4. The lowest BCUT2D eigenvalue weighted by atomic mass is 9.80. The summed E-state index contributed by atoms with van der Waals surface area (Å²) in [6.07, 6.45) is 1.62. The predicted octanol–water partition coefficient (Wildman–Crippen LogP) is 0.391. The topological polar surface area (TPSA) is 75.5 Å². The zero-order valence-corrected chi connectivity index (χ0v) is 11.5. The Bertz CT molecular complexity index is 227. The molecule has 0 saturated carbocycles. The number of aliphatic hydroxyl groups is 1. The molecule has 1 aliphatic heterocycles. The van der Waals surface area contributed by atoms with Crippen molar-refractivity contribution in [3.8, 4) is 0 Å². The number of nitrogens with two attached hydrogens (primary N) is 2. The summed E-state index contributed by atoms with van der Waals surface area (Å²) in [6.45, 7) is 9.81. The average molecular weight is 243 g/mol. The molecule has 1 fully saturated rings. The van der Waals surface area contributed by atoms with Gasteiger partial charge in [-0.15, -0.1) is 0 Å². The lowest BCUT2D eigenvalue weighted by molar-refractivity contribution is 0.0247. The first-order valence-corrected chi connectivity index (χ1v) is 6.69. The molecule has 3 unspecified atom stereocenters. The highest BCUT2D eigenvalue weighted by Crippen LogP contribution is 2.28. The molecule has 1 rings (SSSR count). The second-order valence-corrected chi connectivity index (χ2v) is 6.53. The van der Waals surface area contributed by atoms with E-state index in [9.17, 15) is 5.11 Å². The average Bonchev–Trinajstić information content (AvgIpc) is 2.15. The number of nitrogens with zero attached hydrogens (tertiary/aromatic N) is 1. The summed E-state index contributed by atoms with van der Waals surface area (Å²) in [6, 6.07) is 0.229. The summed E-state index contributed by atoms with van der Waals surface area (Å²) in [4.78, 5) is 2.33. The van der Waals surface area contributed by atoms with Crippen LogP contribution in [0.25, 0.3) is 0 Å². The molecule has 17 heavy (non-hydrogen) atoms. The van der Waals surface area contributed by atoms with Crippen LogP contribution in [0.5, 0.6) is 0 Å². The van der Waals surface area contributed by atoms with E-state index in [1.165, 1.54) is 0 Å². The monoisotopic (exact) mass is 243 g/mol. The van der Waals surface area contributed by atoms with Crippen LogP contribution in [0.15, 0.2) is 0 Å². The van der Waals surface area contributed by atoms with E-state index in [2.05, 4.69) is 25.7 Å².